The first-order valence-corrected chi connectivity index (χ1v) is 7.42. The highest BCUT2D eigenvalue weighted by Gasteiger charge is 2.18. The van der Waals surface area contributed by atoms with Crippen LogP contribution in [0.4, 0.5) is 0 Å². The maximum atomic E-state index is 9.89. The van der Waals surface area contributed by atoms with Crippen molar-refractivity contribution in [3.63, 3.8) is 0 Å². The molecule has 1 aromatic carbocycles. The third-order valence-electron chi connectivity index (χ3n) is 3.31. The van der Waals surface area contributed by atoms with E-state index in [1.807, 2.05) is 20.8 Å². The Hall–Kier alpha value is -1.59. The molecule has 4 nitrogen and oxygen atoms in total. The van der Waals surface area contributed by atoms with E-state index in [1.165, 1.54) is 17.0 Å². The molecule has 0 saturated heterocycles. The van der Waals surface area contributed by atoms with Gasteiger partial charge in [-0.05, 0) is 45.9 Å². The van der Waals surface area contributed by atoms with Crippen LogP contribution >= 0.6 is 11.3 Å². The van der Waals surface area contributed by atoms with Gasteiger partial charge in [-0.3, -0.25) is 0 Å². The Balaban J connectivity index is 2.17. The third kappa shape index (κ3) is 3.11. The molecular weight excluding hydrogens is 272 g/mol. The first kappa shape index (κ1) is 14.8. The van der Waals surface area contributed by atoms with Crippen molar-refractivity contribution in [2.24, 2.45) is 0 Å². The first-order valence-electron chi connectivity index (χ1n) is 6.60. The van der Waals surface area contributed by atoms with Gasteiger partial charge in [0.2, 0.25) is 0 Å². The zero-order valence-electron chi connectivity index (χ0n) is 12.1. The zero-order chi connectivity index (χ0) is 14.9. The minimum atomic E-state index is -0.0705. The van der Waals surface area contributed by atoms with Gasteiger partial charge in [0, 0.05) is 22.5 Å². The van der Waals surface area contributed by atoms with Crippen molar-refractivity contribution in [1.82, 2.24) is 10.3 Å². The summed E-state index contributed by atoms with van der Waals surface area (Å²) < 4.78 is 0. The molecule has 20 heavy (non-hydrogen) atoms. The van der Waals surface area contributed by atoms with Crippen molar-refractivity contribution in [3.8, 4) is 11.5 Å². The van der Waals surface area contributed by atoms with Gasteiger partial charge < -0.3 is 15.5 Å². The Kier molecular flexibility index (Phi) is 4.30. The zero-order valence-corrected chi connectivity index (χ0v) is 13.0. The average Bonchev–Trinajstić information content (AvgIpc) is 2.71. The van der Waals surface area contributed by atoms with E-state index in [2.05, 4.69) is 17.2 Å². The second kappa shape index (κ2) is 5.81. The average molecular weight is 292 g/mol. The molecule has 2 aromatic rings. The SMILES string of the molecule is Cc1nc(C)c(C(C)NC(C)c2cc(O)ccc2O)s1. The summed E-state index contributed by atoms with van der Waals surface area (Å²) in [6.45, 7) is 8.05. The lowest BCUT2D eigenvalue weighted by Gasteiger charge is -2.20. The number of nitrogens with zero attached hydrogens (tertiary/aromatic N) is 1. The number of hydrogen-bond donors (Lipinski definition) is 3. The molecule has 0 aliphatic rings. The predicted molar refractivity (Wildman–Crippen MR) is 81.3 cm³/mol. The van der Waals surface area contributed by atoms with Crippen molar-refractivity contribution in [2.75, 3.05) is 0 Å². The van der Waals surface area contributed by atoms with Crippen LogP contribution in [0.2, 0.25) is 0 Å². The molecule has 0 spiro atoms. The van der Waals surface area contributed by atoms with E-state index < -0.39 is 0 Å². The lowest BCUT2D eigenvalue weighted by Crippen LogP contribution is -2.22. The molecule has 0 aliphatic heterocycles. The minimum absolute atomic E-state index is 0.0705. The van der Waals surface area contributed by atoms with Crippen LogP contribution in [0.1, 0.15) is 47.1 Å². The number of thiazole rings is 1. The molecule has 5 heteroatoms. The summed E-state index contributed by atoms with van der Waals surface area (Å²) in [5, 5.41) is 23.9. The van der Waals surface area contributed by atoms with Gasteiger partial charge in [0.05, 0.1) is 10.7 Å². The molecule has 108 valence electrons. The van der Waals surface area contributed by atoms with E-state index in [1.54, 1.807) is 17.4 Å². The maximum Gasteiger partial charge on any atom is 0.120 e. The Morgan fingerprint density at radius 1 is 1.15 bits per heavy atom. The van der Waals surface area contributed by atoms with Gasteiger partial charge >= 0.3 is 0 Å². The Labute approximate surface area is 123 Å². The number of hydrogen-bond acceptors (Lipinski definition) is 5. The van der Waals surface area contributed by atoms with Crippen LogP contribution in [0.3, 0.4) is 0 Å². The van der Waals surface area contributed by atoms with Crippen LogP contribution in [0.15, 0.2) is 18.2 Å². The van der Waals surface area contributed by atoms with Gasteiger partial charge in [0.1, 0.15) is 11.5 Å². The lowest BCUT2D eigenvalue weighted by atomic mass is 10.1. The third-order valence-corrected chi connectivity index (χ3v) is 4.57. The fourth-order valence-corrected chi connectivity index (χ4v) is 3.32. The molecule has 1 heterocycles. The molecule has 0 amide bonds. The molecule has 0 bridgehead atoms. The standard InChI is InChI=1S/C15H20N2O2S/c1-8(13-7-12(18)5-6-14(13)19)16-9(2)15-10(3)17-11(4)20-15/h5-9,16,18-19H,1-4H3. The molecule has 2 rings (SSSR count). The van der Waals surface area contributed by atoms with Gasteiger partial charge in [-0.25, -0.2) is 4.98 Å². The second-order valence-corrected chi connectivity index (χ2v) is 6.27. The van der Waals surface area contributed by atoms with Gasteiger partial charge in [-0.2, -0.15) is 0 Å². The quantitative estimate of drug-likeness (QED) is 0.754. The van der Waals surface area contributed by atoms with Gasteiger partial charge in [-0.15, -0.1) is 11.3 Å². The summed E-state index contributed by atoms with van der Waals surface area (Å²) in [5.74, 6) is 0.344. The van der Waals surface area contributed by atoms with Crippen LogP contribution in [0, 0.1) is 13.8 Å². The topological polar surface area (TPSA) is 65.4 Å². The number of phenols is 2. The van der Waals surface area contributed by atoms with E-state index in [4.69, 9.17) is 0 Å². The van der Waals surface area contributed by atoms with E-state index in [-0.39, 0.29) is 23.6 Å². The molecule has 1 aromatic heterocycles. The van der Waals surface area contributed by atoms with Crippen LogP contribution < -0.4 is 5.32 Å². The van der Waals surface area contributed by atoms with E-state index in [0.29, 0.717) is 5.56 Å². The molecule has 0 fully saturated rings. The molecule has 0 saturated carbocycles. The van der Waals surface area contributed by atoms with Gasteiger partial charge in [-0.1, -0.05) is 0 Å². The largest absolute Gasteiger partial charge is 0.508 e. The summed E-state index contributed by atoms with van der Waals surface area (Å²) >= 11 is 1.68. The fourth-order valence-electron chi connectivity index (χ4n) is 2.38. The van der Waals surface area contributed by atoms with Gasteiger partial charge in [0.15, 0.2) is 0 Å². The minimum Gasteiger partial charge on any atom is -0.508 e. The molecule has 0 radical (unpaired) electrons. The van der Waals surface area contributed by atoms with Crippen LogP contribution in [0.5, 0.6) is 11.5 Å². The summed E-state index contributed by atoms with van der Waals surface area (Å²) in [6.07, 6.45) is 0. The molecular formula is C15H20N2O2S. The number of aromatic nitrogens is 1. The van der Waals surface area contributed by atoms with Crippen molar-refractivity contribution in [3.05, 3.63) is 39.3 Å². The summed E-state index contributed by atoms with van der Waals surface area (Å²) in [4.78, 5) is 5.64. The highest BCUT2D eigenvalue weighted by Crippen LogP contribution is 2.31. The Bertz CT molecular complexity index is 610. The van der Waals surface area contributed by atoms with Crippen LogP contribution in [-0.4, -0.2) is 15.2 Å². The smallest absolute Gasteiger partial charge is 0.120 e. The highest BCUT2D eigenvalue weighted by molar-refractivity contribution is 7.11. The first-order chi connectivity index (χ1) is 9.38. The highest BCUT2D eigenvalue weighted by atomic mass is 32.1. The lowest BCUT2D eigenvalue weighted by molar-refractivity contribution is 0.430. The van der Waals surface area contributed by atoms with Crippen molar-refractivity contribution < 1.29 is 10.2 Å². The molecule has 0 aliphatic carbocycles. The molecule has 3 N–H and O–H groups in total. The number of aromatic hydroxyl groups is 2. The number of aryl methyl sites for hydroxylation is 2. The van der Waals surface area contributed by atoms with Crippen molar-refractivity contribution in [2.45, 2.75) is 39.8 Å². The summed E-state index contributed by atoms with van der Waals surface area (Å²) in [5.41, 5.74) is 1.73. The second-order valence-electron chi connectivity index (χ2n) is 5.04. The number of nitrogens with one attached hydrogen (secondary N) is 1. The summed E-state index contributed by atoms with van der Waals surface area (Å²) in [6, 6.07) is 4.64. The molecule has 2 unspecified atom stereocenters. The van der Waals surface area contributed by atoms with Crippen molar-refractivity contribution >= 4 is 11.3 Å². The maximum absolute atomic E-state index is 9.89. The Morgan fingerprint density at radius 2 is 1.85 bits per heavy atom. The number of rotatable bonds is 4. The van der Waals surface area contributed by atoms with Gasteiger partial charge in [0.25, 0.3) is 0 Å². The number of phenolic OH excluding ortho intramolecular Hbond substituents is 2. The summed E-state index contributed by atoms with van der Waals surface area (Å²) in [7, 11) is 0. The fraction of sp³-hybridized carbons (Fsp3) is 0.400. The monoisotopic (exact) mass is 292 g/mol. The van der Waals surface area contributed by atoms with E-state index >= 15 is 0 Å². The molecule has 2 atom stereocenters. The normalized spacial score (nSPS) is 14.2. The Morgan fingerprint density at radius 3 is 2.45 bits per heavy atom. The van der Waals surface area contributed by atoms with Crippen LogP contribution in [-0.2, 0) is 0 Å². The predicted octanol–water partition coefficient (Wildman–Crippen LogP) is 3.58. The van der Waals surface area contributed by atoms with E-state index in [0.717, 1.165) is 10.7 Å². The number of benzene rings is 1. The van der Waals surface area contributed by atoms with Crippen LogP contribution in [0.25, 0.3) is 0 Å². The van der Waals surface area contributed by atoms with Crippen molar-refractivity contribution in [1.29, 1.82) is 0 Å². The van der Waals surface area contributed by atoms with E-state index in [9.17, 15) is 10.2 Å².